The molecule has 2 amide bonds. The maximum atomic E-state index is 13.2. The number of thioether (sulfide) groups is 1. The van der Waals surface area contributed by atoms with Gasteiger partial charge in [-0.25, -0.2) is 9.97 Å². The number of anilines is 1. The molecule has 0 fully saturated rings. The zero-order valence-electron chi connectivity index (χ0n) is 17.2. The molecule has 1 N–H and O–H groups in total. The lowest BCUT2D eigenvalue weighted by Gasteiger charge is -2.34. The number of aromatic nitrogens is 2. The molecule has 30 heavy (non-hydrogen) atoms. The summed E-state index contributed by atoms with van der Waals surface area (Å²) in [6, 6.07) is 7.28. The second kappa shape index (κ2) is 8.23. The molecule has 1 atom stereocenters. The van der Waals surface area contributed by atoms with E-state index in [1.54, 1.807) is 29.4 Å². The van der Waals surface area contributed by atoms with Crippen LogP contribution >= 0.6 is 23.1 Å². The van der Waals surface area contributed by atoms with Crippen molar-refractivity contribution >= 4 is 50.8 Å². The fourth-order valence-electron chi connectivity index (χ4n) is 3.39. The van der Waals surface area contributed by atoms with Crippen molar-refractivity contribution in [3.05, 3.63) is 40.5 Å². The van der Waals surface area contributed by atoms with Gasteiger partial charge in [0, 0.05) is 17.3 Å². The molecule has 7 nitrogen and oxygen atoms in total. The Hall–Kier alpha value is -2.65. The fourth-order valence-corrected chi connectivity index (χ4v) is 5.54. The molecule has 9 heteroatoms. The average molecular weight is 443 g/mol. The number of amides is 2. The van der Waals surface area contributed by atoms with Crippen molar-refractivity contribution in [2.24, 2.45) is 0 Å². The quantitative estimate of drug-likeness (QED) is 0.493. The van der Waals surface area contributed by atoms with Gasteiger partial charge < -0.3 is 15.0 Å². The second-order valence-corrected chi connectivity index (χ2v) is 9.19. The third-order valence-corrected chi connectivity index (χ3v) is 7.11. The number of ether oxygens (including phenoxy) is 1. The number of para-hydroxylation sites is 2. The number of rotatable bonds is 4. The number of nitrogens with zero attached hydrogens (tertiary/aromatic N) is 3. The summed E-state index contributed by atoms with van der Waals surface area (Å²) < 4.78 is 5.79. The highest BCUT2D eigenvalue weighted by Gasteiger charge is 2.33. The molecule has 0 saturated heterocycles. The van der Waals surface area contributed by atoms with E-state index < -0.39 is 6.10 Å². The Balaban J connectivity index is 1.60. The smallest absolute Gasteiger partial charge is 0.262 e. The predicted octanol–water partition coefficient (Wildman–Crippen LogP) is 3.25. The molecule has 0 spiro atoms. The molecule has 0 unspecified atom stereocenters. The van der Waals surface area contributed by atoms with Gasteiger partial charge in [0.1, 0.15) is 21.4 Å². The molecule has 1 aromatic carbocycles. The first-order valence-electron chi connectivity index (χ1n) is 9.53. The molecule has 1 aliphatic heterocycles. The topological polar surface area (TPSA) is 84.4 Å². The number of hydrogen-bond acceptors (Lipinski definition) is 7. The molecule has 3 heterocycles. The van der Waals surface area contributed by atoms with Gasteiger partial charge in [0.05, 0.1) is 18.0 Å². The molecular formula is C21H22N4O3S2. The molecule has 2 aromatic heterocycles. The van der Waals surface area contributed by atoms with Crippen molar-refractivity contribution in [1.29, 1.82) is 0 Å². The van der Waals surface area contributed by atoms with Crippen LogP contribution in [-0.2, 0) is 9.59 Å². The molecule has 156 valence electrons. The number of benzene rings is 1. The van der Waals surface area contributed by atoms with Gasteiger partial charge in [-0.1, -0.05) is 23.9 Å². The third kappa shape index (κ3) is 3.75. The number of likely N-dealkylation sites (N-methyl/N-ethyl adjacent to an activating group) is 1. The van der Waals surface area contributed by atoms with Gasteiger partial charge in [-0.05, 0) is 38.5 Å². The van der Waals surface area contributed by atoms with E-state index in [4.69, 9.17) is 4.74 Å². The fraction of sp³-hybridized carbons (Fsp3) is 0.333. The zero-order valence-corrected chi connectivity index (χ0v) is 18.8. The lowest BCUT2D eigenvalue weighted by molar-refractivity contribution is -0.127. The van der Waals surface area contributed by atoms with Crippen molar-refractivity contribution in [3.8, 4) is 5.75 Å². The van der Waals surface area contributed by atoms with E-state index in [1.807, 2.05) is 25.1 Å². The Bertz CT molecular complexity index is 1140. The van der Waals surface area contributed by atoms with E-state index >= 15 is 0 Å². The molecule has 0 saturated carbocycles. The lowest BCUT2D eigenvalue weighted by atomic mass is 10.2. The van der Waals surface area contributed by atoms with Crippen molar-refractivity contribution in [2.75, 3.05) is 24.2 Å². The maximum absolute atomic E-state index is 13.2. The SMILES string of the molecule is CNC(=O)[C@H]1CN(C(=O)CSc2nc(C)nc3sc(C)c(C)c23)c2ccccc2O1. The summed E-state index contributed by atoms with van der Waals surface area (Å²) in [5.41, 5.74) is 1.83. The first-order valence-corrected chi connectivity index (χ1v) is 11.3. The van der Waals surface area contributed by atoms with Gasteiger partial charge in [-0.3, -0.25) is 9.59 Å². The van der Waals surface area contributed by atoms with E-state index in [1.165, 1.54) is 16.6 Å². The normalized spacial score (nSPS) is 15.6. The predicted molar refractivity (Wildman–Crippen MR) is 120 cm³/mol. The molecule has 3 aromatic rings. The highest BCUT2D eigenvalue weighted by atomic mass is 32.2. The number of nitrogens with one attached hydrogen (secondary N) is 1. The van der Waals surface area contributed by atoms with Gasteiger partial charge >= 0.3 is 0 Å². The number of hydrogen-bond donors (Lipinski definition) is 1. The Kier molecular flexibility index (Phi) is 5.66. The van der Waals surface area contributed by atoms with E-state index in [0.29, 0.717) is 17.3 Å². The molecule has 0 radical (unpaired) electrons. The minimum Gasteiger partial charge on any atom is -0.477 e. The number of thiophene rings is 1. The summed E-state index contributed by atoms with van der Waals surface area (Å²) in [4.78, 5) is 38.2. The Morgan fingerprint density at radius 3 is 2.80 bits per heavy atom. The van der Waals surface area contributed by atoms with Crippen LogP contribution in [0.2, 0.25) is 0 Å². The van der Waals surface area contributed by atoms with Crippen LogP contribution in [-0.4, -0.2) is 47.2 Å². The molecule has 4 rings (SSSR count). The molecule has 0 aliphatic carbocycles. The monoisotopic (exact) mass is 442 g/mol. The van der Waals surface area contributed by atoms with Crippen LogP contribution in [0.1, 0.15) is 16.3 Å². The summed E-state index contributed by atoms with van der Waals surface area (Å²) in [5, 5.41) is 4.43. The number of aryl methyl sites for hydroxylation is 3. The van der Waals surface area contributed by atoms with Crippen LogP contribution < -0.4 is 15.0 Å². The van der Waals surface area contributed by atoms with Crippen LogP contribution in [0.3, 0.4) is 0 Å². The standard InChI is InChI=1S/C21H22N4O3S2/c1-11-12(2)30-21-18(11)20(23-13(3)24-21)29-10-17(26)25-9-16(19(27)22-4)28-15-8-6-5-7-14(15)25/h5-8,16H,9-10H2,1-4H3,(H,22,27)/t16-/m1/s1. The molecule has 0 bridgehead atoms. The summed E-state index contributed by atoms with van der Waals surface area (Å²) in [6.07, 6.45) is -0.742. The molecular weight excluding hydrogens is 420 g/mol. The van der Waals surface area contributed by atoms with Crippen LogP contribution in [0.4, 0.5) is 5.69 Å². The van der Waals surface area contributed by atoms with Crippen molar-refractivity contribution in [2.45, 2.75) is 31.9 Å². The van der Waals surface area contributed by atoms with E-state index in [2.05, 4.69) is 29.1 Å². The number of carbonyl (C=O) groups excluding carboxylic acids is 2. The van der Waals surface area contributed by atoms with Gasteiger partial charge in [0.25, 0.3) is 5.91 Å². The van der Waals surface area contributed by atoms with Crippen LogP contribution in [0.25, 0.3) is 10.2 Å². The van der Waals surface area contributed by atoms with Gasteiger partial charge in [-0.2, -0.15) is 0 Å². The first kappa shape index (κ1) is 20.6. The van der Waals surface area contributed by atoms with Crippen LogP contribution in [0.15, 0.2) is 29.3 Å². The van der Waals surface area contributed by atoms with Gasteiger partial charge in [0.15, 0.2) is 6.10 Å². The Morgan fingerprint density at radius 2 is 2.03 bits per heavy atom. The summed E-state index contributed by atoms with van der Waals surface area (Å²) in [6.45, 7) is 6.16. The van der Waals surface area contributed by atoms with Crippen molar-refractivity contribution < 1.29 is 14.3 Å². The largest absolute Gasteiger partial charge is 0.477 e. The minimum absolute atomic E-state index is 0.0985. The second-order valence-electron chi connectivity index (χ2n) is 7.02. The first-order chi connectivity index (χ1) is 14.4. The van der Waals surface area contributed by atoms with E-state index in [9.17, 15) is 9.59 Å². The average Bonchev–Trinajstić information content (AvgIpc) is 3.03. The van der Waals surface area contributed by atoms with Crippen molar-refractivity contribution in [3.63, 3.8) is 0 Å². The summed E-state index contributed by atoms with van der Waals surface area (Å²) in [7, 11) is 1.56. The van der Waals surface area contributed by atoms with Gasteiger partial charge in [-0.15, -0.1) is 11.3 Å². The van der Waals surface area contributed by atoms with E-state index in [0.717, 1.165) is 20.8 Å². The Morgan fingerprint density at radius 1 is 1.27 bits per heavy atom. The highest BCUT2D eigenvalue weighted by Crippen LogP contribution is 2.37. The number of fused-ring (bicyclic) bond motifs is 2. The number of carbonyl (C=O) groups is 2. The molecule has 1 aliphatic rings. The van der Waals surface area contributed by atoms with Crippen LogP contribution in [0.5, 0.6) is 5.75 Å². The zero-order chi connectivity index (χ0) is 21.4. The Labute approximate surface area is 182 Å². The summed E-state index contributed by atoms with van der Waals surface area (Å²) in [5.74, 6) is 1.07. The maximum Gasteiger partial charge on any atom is 0.262 e. The van der Waals surface area contributed by atoms with E-state index in [-0.39, 0.29) is 24.1 Å². The lowest BCUT2D eigenvalue weighted by Crippen LogP contribution is -2.50. The van der Waals surface area contributed by atoms with Crippen molar-refractivity contribution in [1.82, 2.24) is 15.3 Å². The highest BCUT2D eigenvalue weighted by molar-refractivity contribution is 8.00. The van der Waals surface area contributed by atoms with Crippen LogP contribution in [0, 0.1) is 20.8 Å². The third-order valence-electron chi connectivity index (χ3n) is 5.05. The summed E-state index contributed by atoms with van der Waals surface area (Å²) >= 11 is 3.05. The van der Waals surface area contributed by atoms with Gasteiger partial charge in [0.2, 0.25) is 5.91 Å². The minimum atomic E-state index is -0.742.